The van der Waals surface area contributed by atoms with Crippen molar-refractivity contribution in [3.05, 3.63) is 90.0 Å². The SMILES string of the molecule is O=C(c1ccccc1F)N1CCN(Cc2ccccc2-c2cccnc2)CC1. The van der Waals surface area contributed by atoms with Gasteiger partial charge in [-0.05, 0) is 29.3 Å². The van der Waals surface area contributed by atoms with E-state index in [0.717, 1.165) is 25.2 Å². The third kappa shape index (κ3) is 3.94. The van der Waals surface area contributed by atoms with E-state index in [1.54, 1.807) is 29.3 Å². The number of carbonyl (C=O) groups is 1. The molecule has 5 heteroatoms. The molecule has 1 aliphatic heterocycles. The van der Waals surface area contributed by atoms with Gasteiger partial charge < -0.3 is 4.90 Å². The average Bonchev–Trinajstić information content (AvgIpc) is 2.75. The molecule has 1 amide bonds. The van der Waals surface area contributed by atoms with Gasteiger partial charge in [-0.15, -0.1) is 0 Å². The molecule has 142 valence electrons. The maximum Gasteiger partial charge on any atom is 0.256 e. The number of rotatable bonds is 4. The minimum absolute atomic E-state index is 0.151. The summed E-state index contributed by atoms with van der Waals surface area (Å²) in [5.74, 6) is -0.686. The van der Waals surface area contributed by atoms with E-state index in [1.165, 1.54) is 17.2 Å². The molecule has 0 bridgehead atoms. The quantitative estimate of drug-likeness (QED) is 0.695. The topological polar surface area (TPSA) is 36.4 Å². The highest BCUT2D eigenvalue weighted by Crippen LogP contribution is 2.24. The van der Waals surface area contributed by atoms with Crippen LogP contribution in [0.4, 0.5) is 4.39 Å². The molecule has 4 nitrogen and oxygen atoms in total. The minimum Gasteiger partial charge on any atom is -0.336 e. The van der Waals surface area contributed by atoms with Crippen LogP contribution in [0.25, 0.3) is 11.1 Å². The lowest BCUT2D eigenvalue weighted by molar-refractivity contribution is 0.0624. The Morgan fingerprint density at radius 1 is 0.929 bits per heavy atom. The summed E-state index contributed by atoms with van der Waals surface area (Å²) in [6.45, 7) is 3.54. The second-order valence-electron chi connectivity index (χ2n) is 6.95. The summed E-state index contributed by atoms with van der Waals surface area (Å²) >= 11 is 0. The fraction of sp³-hybridized carbons (Fsp3) is 0.217. The van der Waals surface area contributed by atoms with E-state index in [9.17, 15) is 9.18 Å². The molecule has 1 aliphatic rings. The number of hydrogen-bond donors (Lipinski definition) is 0. The second-order valence-corrected chi connectivity index (χ2v) is 6.95. The Kier molecular flexibility index (Phi) is 5.44. The smallest absolute Gasteiger partial charge is 0.256 e. The Balaban J connectivity index is 1.42. The highest BCUT2D eigenvalue weighted by Gasteiger charge is 2.24. The zero-order valence-electron chi connectivity index (χ0n) is 15.6. The van der Waals surface area contributed by atoms with Crippen LogP contribution in [0.2, 0.25) is 0 Å². The number of carbonyl (C=O) groups excluding carboxylic acids is 1. The first-order chi connectivity index (χ1) is 13.7. The van der Waals surface area contributed by atoms with Crippen molar-refractivity contribution in [1.29, 1.82) is 0 Å². The van der Waals surface area contributed by atoms with Crippen molar-refractivity contribution >= 4 is 5.91 Å². The van der Waals surface area contributed by atoms with E-state index in [1.807, 2.05) is 24.4 Å². The lowest BCUT2D eigenvalue weighted by atomic mass is 10.0. The summed E-state index contributed by atoms with van der Waals surface area (Å²) in [4.78, 5) is 20.9. The molecule has 0 saturated carbocycles. The molecule has 2 heterocycles. The molecule has 1 aromatic heterocycles. The molecule has 0 atom stereocenters. The van der Waals surface area contributed by atoms with Gasteiger partial charge in [-0.2, -0.15) is 0 Å². The predicted octanol–water partition coefficient (Wildman–Crippen LogP) is 3.85. The molecule has 3 aromatic rings. The Morgan fingerprint density at radius 3 is 2.43 bits per heavy atom. The molecule has 0 spiro atoms. The number of pyridine rings is 1. The zero-order valence-corrected chi connectivity index (χ0v) is 15.6. The summed E-state index contributed by atoms with van der Waals surface area (Å²) in [6, 6.07) is 18.5. The van der Waals surface area contributed by atoms with Crippen molar-refractivity contribution in [2.45, 2.75) is 6.54 Å². The zero-order chi connectivity index (χ0) is 19.3. The molecular weight excluding hydrogens is 353 g/mol. The van der Waals surface area contributed by atoms with Crippen molar-refractivity contribution < 1.29 is 9.18 Å². The number of piperazine rings is 1. The van der Waals surface area contributed by atoms with Gasteiger partial charge in [0, 0.05) is 50.7 Å². The number of halogens is 1. The van der Waals surface area contributed by atoms with Crippen LogP contribution in [-0.4, -0.2) is 46.9 Å². The minimum atomic E-state index is -0.458. The van der Waals surface area contributed by atoms with Gasteiger partial charge in [0.05, 0.1) is 5.56 Å². The van der Waals surface area contributed by atoms with Crippen LogP contribution in [0.5, 0.6) is 0 Å². The van der Waals surface area contributed by atoms with E-state index in [4.69, 9.17) is 0 Å². The summed E-state index contributed by atoms with van der Waals surface area (Å²) in [7, 11) is 0. The van der Waals surface area contributed by atoms with Crippen LogP contribution < -0.4 is 0 Å². The van der Waals surface area contributed by atoms with Gasteiger partial charge in [0.1, 0.15) is 5.82 Å². The van der Waals surface area contributed by atoms with Crippen LogP contribution in [0.3, 0.4) is 0 Å². The fourth-order valence-corrected chi connectivity index (χ4v) is 3.62. The molecule has 0 aliphatic carbocycles. The van der Waals surface area contributed by atoms with Crippen molar-refractivity contribution in [3.63, 3.8) is 0 Å². The first-order valence-corrected chi connectivity index (χ1v) is 9.47. The van der Waals surface area contributed by atoms with Gasteiger partial charge in [-0.1, -0.05) is 42.5 Å². The highest BCUT2D eigenvalue weighted by atomic mass is 19.1. The lowest BCUT2D eigenvalue weighted by Crippen LogP contribution is -2.48. The molecule has 28 heavy (non-hydrogen) atoms. The van der Waals surface area contributed by atoms with Crippen LogP contribution in [-0.2, 0) is 6.54 Å². The maximum absolute atomic E-state index is 13.9. The van der Waals surface area contributed by atoms with Gasteiger partial charge in [0.15, 0.2) is 0 Å². The van der Waals surface area contributed by atoms with Crippen LogP contribution in [0.1, 0.15) is 15.9 Å². The fourth-order valence-electron chi connectivity index (χ4n) is 3.62. The van der Waals surface area contributed by atoms with E-state index in [0.29, 0.717) is 13.1 Å². The Bertz CT molecular complexity index is 953. The summed E-state index contributed by atoms with van der Waals surface area (Å²) in [6.07, 6.45) is 3.65. The predicted molar refractivity (Wildman–Crippen MR) is 107 cm³/mol. The van der Waals surface area contributed by atoms with Crippen LogP contribution >= 0.6 is 0 Å². The van der Waals surface area contributed by atoms with Gasteiger partial charge in [-0.25, -0.2) is 4.39 Å². The molecule has 4 rings (SSSR count). The molecular formula is C23H22FN3O. The highest BCUT2D eigenvalue weighted by molar-refractivity contribution is 5.94. The summed E-state index contributed by atoms with van der Waals surface area (Å²) in [5, 5.41) is 0. The van der Waals surface area contributed by atoms with Crippen LogP contribution in [0.15, 0.2) is 73.1 Å². The normalized spacial score (nSPS) is 14.8. The van der Waals surface area contributed by atoms with E-state index < -0.39 is 5.82 Å². The monoisotopic (exact) mass is 375 g/mol. The van der Waals surface area contributed by atoms with Gasteiger partial charge >= 0.3 is 0 Å². The van der Waals surface area contributed by atoms with Gasteiger partial charge in [-0.3, -0.25) is 14.7 Å². The Labute approximate surface area is 164 Å². The van der Waals surface area contributed by atoms with Crippen molar-refractivity contribution in [2.75, 3.05) is 26.2 Å². The average molecular weight is 375 g/mol. The Hall–Kier alpha value is -3.05. The number of amides is 1. The third-order valence-electron chi connectivity index (χ3n) is 5.15. The van der Waals surface area contributed by atoms with Gasteiger partial charge in [0.25, 0.3) is 5.91 Å². The van der Waals surface area contributed by atoms with Crippen LogP contribution in [0, 0.1) is 5.82 Å². The summed E-state index contributed by atoms with van der Waals surface area (Å²) < 4.78 is 13.9. The second kappa shape index (κ2) is 8.31. The molecule has 0 radical (unpaired) electrons. The lowest BCUT2D eigenvalue weighted by Gasteiger charge is -2.35. The first-order valence-electron chi connectivity index (χ1n) is 9.47. The van der Waals surface area contributed by atoms with E-state index in [2.05, 4.69) is 28.1 Å². The van der Waals surface area contributed by atoms with E-state index >= 15 is 0 Å². The van der Waals surface area contributed by atoms with Gasteiger partial charge in [0.2, 0.25) is 0 Å². The molecule has 0 unspecified atom stereocenters. The number of benzene rings is 2. The molecule has 2 aromatic carbocycles. The standard InChI is InChI=1S/C23H22FN3O/c24-22-10-4-3-9-21(22)23(28)27-14-12-26(13-15-27)17-19-6-1-2-8-20(19)18-7-5-11-25-16-18/h1-11,16H,12-15,17H2. The van der Waals surface area contributed by atoms with Crippen molar-refractivity contribution in [3.8, 4) is 11.1 Å². The maximum atomic E-state index is 13.9. The molecule has 0 N–H and O–H groups in total. The molecule has 1 saturated heterocycles. The Morgan fingerprint density at radius 2 is 1.68 bits per heavy atom. The van der Waals surface area contributed by atoms with Crippen molar-refractivity contribution in [1.82, 2.24) is 14.8 Å². The largest absolute Gasteiger partial charge is 0.336 e. The number of hydrogen-bond acceptors (Lipinski definition) is 3. The van der Waals surface area contributed by atoms with E-state index in [-0.39, 0.29) is 11.5 Å². The molecule has 1 fully saturated rings. The first kappa shape index (κ1) is 18.3. The number of nitrogens with zero attached hydrogens (tertiary/aromatic N) is 3. The summed E-state index contributed by atoms with van der Waals surface area (Å²) in [5.41, 5.74) is 3.68. The number of aromatic nitrogens is 1. The van der Waals surface area contributed by atoms with Crippen molar-refractivity contribution in [2.24, 2.45) is 0 Å². The third-order valence-corrected chi connectivity index (χ3v) is 5.15.